The van der Waals surface area contributed by atoms with Crippen LogP contribution in [0.3, 0.4) is 0 Å². The smallest absolute Gasteiger partial charge is 0.336 e. The largest absolute Gasteiger partial charge is 0.463 e. The lowest BCUT2D eigenvalue weighted by atomic mass is 10.1. The molecule has 2 heterocycles. The molecule has 1 aliphatic heterocycles. The van der Waals surface area contributed by atoms with Gasteiger partial charge in [-0.05, 0) is 61.5 Å². The molecule has 0 atom stereocenters. The number of hydrogen-bond acceptors (Lipinski definition) is 6. The van der Waals surface area contributed by atoms with Crippen molar-refractivity contribution in [2.75, 3.05) is 18.7 Å². The van der Waals surface area contributed by atoms with E-state index in [1.807, 2.05) is 6.92 Å². The lowest BCUT2D eigenvalue weighted by Gasteiger charge is -2.09. The second-order valence-corrected chi connectivity index (χ2v) is 7.14. The SMILES string of the molecule is CCOc1nc(-c2cccc(F)c2)n(-c2ccc(NC(=O)c3ccc4c(c3)OCO4)cc2)n1. The van der Waals surface area contributed by atoms with E-state index in [-0.39, 0.29) is 24.5 Å². The molecule has 5 rings (SSSR count). The molecule has 1 aliphatic rings. The average Bonchev–Trinajstić information content (AvgIpc) is 3.46. The molecule has 3 aromatic carbocycles. The molecule has 0 radical (unpaired) electrons. The fraction of sp³-hybridized carbons (Fsp3) is 0.125. The third-order valence-corrected chi connectivity index (χ3v) is 4.95. The summed E-state index contributed by atoms with van der Waals surface area (Å²) in [5.74, 6) is 0.945. The van der Waals surface area contributed by atoms with E-state index in [9.17, 15) is 9.18 Å². The number of hydrogen-bond donors (Lipinski definition) is 1. The van der Waals surface area contributed by atoms with Crippen molar-refractivity contribution >= 4 is 11.6 Å². The van der Waals surface area contributed by atoms with Crippen molar-refractivity contribution < 1.29 is 23.4 Å². The fourth-order valence-corrected chi connectivity index (χ4v) is 3.40. The summed E-state index contributed by atoms with van der Waals surface area (Å²) in [4.78, 5) is 17.0. The molecule has 4 aromatic rings. The van der Waals surface area contributed by atoms with Crippen LogP contribution in [-0.2, 0) is 0 Å². The molecule has 0 saturated carbocycles. The van der Waals surface area contributed by atoms with Gasteiger partial charge in [0, 0.05) is 16.8 Å². The van der Waals surface area contributed by atoms with Crippen LogP contribution in [0.4, 0.5) is 10.1 Å². The highest BCUT2D eigenvalue weighted by Crippen LogP contribution is 2.32. The molecule has 0 spiro atoms. The second-order valence-electron chi connectivity index (χ2n) is 7.14. The van der Waals surface area contributed by atoms with E-state index >= 15 is 0 Å². The molecule has 1 aromatic heterocycles. The molecule has 0 unspecified atom stereocenters. The van der Waals surface area contributed by atoms with E-state index < -0.39 is 0 Å². The zero-order chi connectivity index (χ0) is 22.8. The highest BCUT2D eigenvalue weighted by Gasteiger charge is 2.17. The van der Waals surface area contributed by atoms with Crippen LogP contribution in [0.5, 0.6) is 17.5 Å². The number of nitrogens with zero attached hydrogens (tertiary/aromatic N) is 3. The Morgan fingerprint density at radius 1 is 1.09 bits per heavy atom. The van der Waals surface area contributed by atoms with E-state index in [4.69, 9.17) is 14.2 Å². The van der Waals surface area contributed by atoms with Crippen molar-refractivity contribution in [1.29, 1.82) is 0 Å². The van der Waals surface area contributed by atoms with Gasteiger partial charge in [0.25, 0.3) is 5.91 Å². The molecule has 1 amide bonds. The van der Waals surface area contributed by atoms with E-state index in [1.165, 1.54) is 12.1 Å². The number of anilines is 1. The summed E-state index contributed by atoms with van der Waals surface area (Å²) < 4.78 is 31.4. The quantitative estimate of drug-likeness (QED) is 0.471. The molecule has 0 saturated heterocycles. The minimum absolute atomic E-state index is 0.146. The maximum atomic E-state index is 13.8. The minimum atomic E-state index is -0.374. The van der Waals surface area contributed by atoms with Gasteiger partial charge in [-0.2, -0.15) is 4.98 Å². The number of benzene rings is 3. The lowest BCUT2D eigenvalue weighted by molar-refractivity contribution is 0.102. The van der Waals surface area contributed by atoms with Gasteiger partial charge in [0.05, 0.1) is 12.3 Å². The molecule has 8 nitrogen and oxygen atoms in total. The Labute approximate surface area is 188 Å². The Morgan fingerprint density at radius 2 is 1.91 bits per heavy atom. The maximum Gasteiger partial charge on any atom is 0.336 e. The molecule has 0 aliphatic carbocycles. The van der Waals surface area contributed by atoms with Crippen molar-refractivity contribution in [3.63, 3.8) is 0 Å². The summed E-state index contributed by atoms with van der Waals surface area (Å²) in [6.07, 6.45) is 0. The van der Waals surface area contributed by atoms with Crippen LogP contribution < -0.4 is 19.5 Å². The van der Waals surface area contributed by atoms with Gasteiger partial charge in [-0.3, -0.25) is 4.79 Å². The van der Waals surface area contributed by atoms with Gasteiger partial charge < -0.3 is 19.5 Å². The molecule has 33 heavy (non-hydrogen) atoms. The lowest BCUT2D eigenvalue weighted by Crippen LogP contribution is -2.11. The first-order valence-electron chi connectivity index (χ1n) is 10.3. The number of halogens is 1. The van der Waals surface area contributed by atoms with Gasteiger partial charge in [-0.1, -0.05) is 12.1 Å². The molecule has 0 fully saturated rings. The molecular formula is C24H19FN4O4. The van der Waals surface area contributed by atoms with E-state index in [2.05, 4.69) is 15.4 Å². The van der Waals surface area contributed by atoms with Gasteiger partial charge >= 0.3 is 6.01 Å². The number of aromatic nitrogens is 3. The van der Waals surface area contributed by atoms with Crippen LogP contribution in [0, 0.1) is 5.82 Å². The van der Waals surface area contributed by atoms with Crippen molar-refractivity contribution in [3.8, 4) is 34.6 Å². The van der Waals surface area contributed by atoms with Crippen molar-refractivity contribution in [1.82, 2.24) is 14.8 Å². The summed E-state index contributed by atoms with van der Waals surface area (Å²) in [5, 5.41) is 7.25. The van der Waals surface area contributed by atoms with Crippen LogP contribution in [0.25, 0.3) is 17.1 Å². The molecule has 9 heteroatoms. The van der Waals surface area contributed by atoms with Crippen molar-refractivity contribution in [2.45, 2.75) is 6.92 Å². The number of carbonyl (C=O) groups is 1. The Morgan fingerprint density at radius 3 is 2.70 bits per heavy atom. The summed E-state index contributed by atoms with van der Waals surface area (Å²) in [6, 6.07) is 18.4. The third-order valence-electron chi connectivity index (χ3n) is 4.95. The van der Waals surface area contributed by atoms with Crippen LogP contribution in [0.2, 0.25) is 0 Å². The standard InChI is InChI=1S/C24H19FN4O4/c1-2-31-24-27-22(15-4-3-5-17(25)12-15)29(28-24)19-9-7-18(8-10-19)26-23(30)16-6-11-20-21(13-16)33-14-32-20/h3-13H,2,14H2,1H3,(H,26,30). The Kier molecular flexibility index (Phi) is 5.35. The first-order chi connectivity index (χ1) is 16.1. The Balaban J connectivity index is 1.39. The van der Waals surface area contributed by atoms with Crippen LogP contribution >= 0.6 is 0 Å². The predicted octanol–water partition coefficient (Wildman–Crippen LogP) is 4.45. The predicted molar refractivity (Wildman–Crippen MR) is 118 cm³/mol. The maximum absolute atomic E-state index is 13.8. The summed E-state index contributed by atoms with van der Waals surface area (Å²) >= 11 is 0. The minimum Gasteiger partial charge on any atom is -0.463 e. The Hall–Kier alpha value is -4.40. The summed E-state index contributed by atoms with van der Waals surface area (Å²) in [6.45, 7) is 2.38. The first kappa shape index (κ1) is 20.5. The van der Waals surface area contributed by atoms with Gasteiger partial charge in [0.2, 0.25) is 6.79 Å². The van der Waals surface area contributed by atoms with Gasteiger partial charge in [0.15, 0.2) is 17.3 Å². The summed E-state index contributed by atoms with van der Waals surface area (Å²) in [5.41, 5.74) is 2.29. The number of ether oxygens (including phenoxy) is 3. The molecule has 1 N–H and O–H groups in total. The van der Waals surface area contributed by atoms with Gasteiger partial charge in [-0.15, -0.1) is 5.10 Å². The highest BCUT2D eigenvalue weighted by atomic mass is 19.1. The monoisotopic (exact) mass is 446 g/mol. The zero-order valence-electron chi connectivity index (χ0n) is 17.6. The van der Waals surface area contributed by atoms with E-state index in [1.54, 1.807) is 59.3 Å². The normalized spacial score (nSPS) is 11.9. The molecule has 0 bridgehead atoms. The van der Waals surface area contributed by atoms with Crippen LogP contribution in [-0.4, -0.2) is 34.1 Å². The van der Waals surface area contributed by atoms with Gasteiger partial charge in [0.1, 0.15) is 5.82 Å². The number of carbonyl (C=O) groups excluding carboxylic acids is 1. The fourth-order valence-electron chi connectivity index (χ4n) is 3.40. The van der Waals surface area contributed by atoms with Crippen molar-refractivity contribution in [2.24, 2.45) is 0 Å². The summed E-state index contributed by atoms with van der Waals surface area (Å²) in [7, 11) is 0. The van der Waals surface area contributed by atoms with Crippen LogP contribution in [0.1, 0.15) is 17.3 Å². The number of fused-ring (bicyclic) bond motifs is 1. The number of nitrogens with one attached hydrogen (secondary N) is 1. The third kappa shape index (κ3) is 4.20. The number of amides is 1. The second kappa shape index (κ2) is 8.62. The van der Waals surface area contributed by atoms with Gasteiger partial charge in [-0.25, -0.2) is 9.07 Å². The first-order valence-corrected chi connectivity index (χ1v) is 10.3. The number of rotatable bonds is 6. The van der Waals surface area contributed by atoms with Crippen molar-refractivity contribution in [3.05, 3.63) is 78.1 Å². The highest BCUT2D eigenvalue weighted by molar-refractivity contribution is 6.04. The molecule has 166 valence electrons. The van der Waals surface area contributed by atoms with Crippen LogP contribution in [0.15, 0.2) is 66.7 Å². The Bertz CT molecular complexity index is 1320. The van der Waals surface area contributed by atoms with E-state index in [0.29, 0.717) is 46.4 Å². The molecular weight excluding hydrogens is 427 g/mol. The topological polar surface area (TPSA) is 87.5 Å². The van der Waals surface area contributed by atoms with E-state index in [0.717, 1.165) is 0 Å². The zero-order valence-corrected chi connectivity index (χ0v) is 17.6. The average molecular weight is 446 g/mol.